The van der Waals surface area contributed by atoms with Gasteiger partial charge in [-0.1, -0.05) is 13.8 Å². The minimum absolute atomic E-state index is 0.0973. The van der Waals surface area contributed by atoms with E-state index in [1.807, 2.05) is 6.92 Å². The van der Waals surface area contributed by atoms with Crippen LogP contribution >= 0.6 is 0 Å². The van der Waals surface area contributed by atoms with Gasteiger partial charge in [-0.15, -0.1) is 0 Å². The molecule has 4 saturated carbocycles. The highest BCUT2D eigenvalue weighted by atomic mass is 19.4. The summed E-state index contributed by atoms with van der Waals surface area (Å²) in [5.74, 6) is -17.6. The van der Waals surface area contributed by atoms with Gasteiger partial charge in [-0.2, -0.15) is 26.3 Å². The van der Waals surface area contributed by atoms with Crippen molar-refractivity contribution in [2.24, 2.45) is 35.0 Å². The number of hydrogen-bond acceptors (Lipinski definition) is 0. The van der Waals surface area contributed by atoms with E-state index < -0.39 is 36.0 Å². The molecule has 4 aliphatic rings. The Morgan fingerprint density at radius 1 is 1.05 bits per heavy atom. The van der Waals surface area contributed by atoms with Crippen LogP contribution in [-0.2, 0) is 0 Å². The van der Waals surface area contributed by atoms with E-state index in [0.29, 0.717) is 6.42 Å². The van der Waals surface area contributed by atoms with Crippen LogP contribution in [0.1, 0.15) is 26.7 Å². The molecule has 8 heteroatoms. The molecule has 0 saturated heterocycles. The van der Waals surface area contributed by atoms with Crippen LogP contribution in [0, 0.1) is 35.0 Å². The van der Waals surface area contributed by atoms with E-state index in [4.69, 9.17) is 0 Å². The fraction of sp³-hybridized carbons (Fsp3) is 1.00. The molecule has 0 radical (unpaired) electrons. The van der Waals surface area contributed by atoms with Crippen molar-refractivity contribution < 1.29 is 35.1 Å². The average Bonchev–Trinajstić information content (AvgIpc) is 2.57. The van der Waals surface area contributed by atoms with Gasteiger partial charge in [0.2, 0.25) is 0 Å². The fourth-order valence-electron chi connectivity index (χ4n) is 5.56. The SMILES string of the molecule is CC1C2CC3C1C3(CC(F)(F)C(F)(F)C(F)(F)C(F)F)C2C. The second-order valence-corrected chi connectivity index (χ2v) is 7.17. The van der Waals surface area contributed by atoms with Crippen LogP contribution in [0.25, 0.3) is 0 Å². The van der Waals surface area contributed by atoms with E-state index >= 15 is 0 Å². The first kappa shape index (κ1) is 16.3. The van der Waals surface area contributed by atoms with Gasteiger partial charge < -0.3 is 0 Å². The van der Waals surface area contributed by atoms with Crippen molar-refractivity contribution >= 4 is 0 Å². The van der Waals surface area contributed by atoms with E-state index in [1.54, 1.807) is 6.92 Å². The van der Waals surface area contributed by atoms with Gasteiger partial charge in [0.1, 0.15) is 0 Å². The van der Waals surface area contributed by atoms with Crippen molar-refractivity contribution in [3.8, 4) is 0 Å². The van der Waals surface area contributed by atoms with Crippen LogP contribution in [0.2, 0.25) is 0 Å². The van der Waals surface area contributed by atoms with E-state index in [0.717, 1.165) is 0 Å². The van der Waals surface area contributed by atoms with Gasteiger partial charge in [0.05, 0.1) is 0 Å². The zero-order chi connectivity index (χ0) is 16.9. The Balaban J connectivity index is 1.87. The Labute approximate surface area is 122 Å². The summed E-state index contributed by atoms with van der Waals surface area (Å²) in [6.45, 7) is 3.53. The summed E-state index contributed by atoms with van der Waals surface area (Å²) in [4.78, 5) is 0. The fourth-order valence-corrected chi connectivity index (χ4v) is 5.56. The number of rotatable bonds is 5. The molecule has 4 bridgehead atoms. The zero-order valence-corrected chi connectivity index (χ0v) is 11.9. The molecule has 4 aliphatic carbocycles. The Bertz CT molecular complexity index is 483. The van der Waals surface area contributed by atoms with Crippen LogP contribution in [0.15, 0.2) is 0 Å². The molecule has 6 unspecified atom stereocenters. The van der Waals surface area contributed by atoms with Gasteiger partial charge in [0.15, 0.2) is 0 Å². The summed E-state index contributed by atoms with van der Waals surface area (Å²) in [6, 6.07) is 0. The van der Waals surface area contributed by atoms with Gasteiger partial charge in [-0.05, 0) is 41.4 Å². The van der Waals surface area contributed by atoms with Crippen molar-refractivity contribution in [1.29, 1.82) is 0 Å². The van der Waals surface area contributed by atoms with Gasteiger partial charge in [-0.3, -0.25) is 0 Å². The number of alkyl halides is 8. The molecule has 0 nitrogen and oxygen atoms in total. The summed E-state index contributed by atoms with van der Waals surface area (Å²) in [5, 5.41) is 0. The molecule has 0 aromatic rings. The van der Waals surface area contributed by atoms with Gasteiger partial charge in [0.25, 0.3) is 0 Å². The Hall–Kier alpha value is -0.560. The molecule has 0 aliphatic heterocycles. The van der Waals surface area contributed by atoms with E-state index in [-0.39, 0.29) is 29.6 Å². The third-order valence-corrected chi connectivity index (χ3v) is 6.57. The first-order valence-electron chi connectivity index (χ1n) is 7.24. The van der Waals surface area contributed by atoms with Gasteiger partial charge >= 0.3 is 24.2 Å². The van der Waals surface area contributed by atoms with Crippen LogP contribution < -0.4 is 0 Å². The van der Waals surface area contributed by atoms with Crippen molar-refractivity contribution in [3.63, 3.8) is 0 Å². The lowest BCUT2D eigenvalue weighted by molar-refractivity contribution is -0.343. The highest BCUT2D eigenvalue weighted by Gasteiger charge is 2.85. The third-order valence-electron chi connectivity index (χ3n) is 6.57. The molecular weight excluding hydrogens is 320 g/mol. The average molecular weight is 336 g/mol. The van der Waals surface area contributed by atoms with Crippen LogP contribution in [0.4, 0.5) is 35.1 Å². The minimum Gasteiger partial charge on any atom is -0.203 e. The van der Waals surface area contributed by atoms with Crippen LogP contribution in [0.3, 0.4) is 0 Å². The van der Waals surface area contributed by atoms with Gasteiger partial charge in [0, 0.05) is 6.42 Å². The van der Waals surface area contributed by atoms with Crippen molar-refractivity contribution in [3.05, 3.63) is 0 Å². The molecule has 0 aromatic carbocycles. The maximum atomic E-state index is 13.9. The Morgan fingerprint density at radius 3 is 1.91 bits per heavy atom. The van der Waals surface area contributed by atoms with E-state index in [2.05, 4.69) is 0 Å². The second kappa shape index (κ2) is 4.09. The van der Waals surface area contributed by atoms with Crippen molar-refractivity contribution in [2.45, 2.75) is 50.9 Å². The second-order valence-electron chi connectivity index (χ2n) is 7.17. The van der Waals surface area contributed by atoms with E-state index in [9.17, 15) is 35.1 Å². The molecule has 4 rings (SSSR count). The minimum atomic E-state index is -6.06. The maximum absolute atomic E-state index is 13.9. The van der Waals surface area contributed by atoms with Crippen molar-refractivity contribution in [1.82, 2.24) is 0 Å². The van der Waals surface area contributed by atoms with Crippen LogP contribution in [-0.4, -0.2) is 24.2 Å². The summed E-state index contributed by atoms with van der Waals surface area (Å²) in [6.07, 6.45) is -5.64. The number of halogens is 8. The lowest BCUT2D eigenvalue weighted by atomic mass is 9.83. The topological polar surface area (TPSA) is 0 Å². The zero-order valence-electron chi connectivity index (χ0n) is 11.9. The molecule has 0 aromatic heterocycles. The molecule has 6 atom stereocenters. The monoisotopic (exact) mass is 336 g/mol. The predicted molar refractivity (Wildman–Crippen MR) is 61.3 cm³/mol. The summed E-state index contributed by atoms with van der Waals surface area (Å²) in [5.41, 5.74) is -1.09. The first-order chi connectivity index (χ1) is 9.82. The Kier molecular flexibility index (Phi) is 3.03. The summed E-state index contributed by atoms with van der Waals surface area (Å²) < 4.78 is 105. The lowest BCUT2D eigenvalue weighted by Crippen LogP contribution is -2.58. The smallest absolute Gasteiger partial charge is 0.203 e. The molecule has 22 heavy (non-hydrogen) atoms. The first-order valence-corrected chi connectivity index (χ1v) is 7.24. The quantitative estimate of drug-likeness (QED) is 0.614. The van der Waals surface area contributed by atoms with Crippen molar-refractivity contribution in [2.75, 3.05) is 0 Å². The Morgan fingerprint density at radius 2 is 1.59 bits per heavy atom. The summed E-state index contributed by atoms with van der Waals surface area (Å²) >= 11 is 0. The highest BCUT2D eigenvalue weighted by Crippen LogP contribution is 2.86. The number of hydrogen-bond donors (Lipinski definition) is 0. The molecule has 0 N–H and O–H groups in total. The third kappa shape index (κ3) is 1.54. The maximum Gasteiger partial charge on any atom is 0.377 e. The standard InChI is InChI=1S/C14H16F8/c1-5-7-3-8-9(5)11(8,6(7)2)4-12(17,18)14(21,22)13(19,20)10(15)16/h5-10H,3-4H2,1-2H3. The lowest BCUT2D eigenvalue weighted by Gasteiger charge is -2.35. The molecule has 0 amide bonds. The van der Waals surface area contributed by atoms with Crippen LogP contribution in [0.5, 0.6) is 0 Å². The molecule has 0 spiro atoms. The summed E-state index contributed by atoms with van der Waals surface area (Å²) in [7, 11) is 0. The normalized spacial score (nSPS) is 44.0. The highest BCUT2D eigenvalue weighted by molar-refractivity contribution is 5.28. The molecule has 128 valence electrons. The van der Waals surface area contributed by atoms with E-state index in [1.165, 1.54) is 0 Å². The molecule has 4 fully saturated rings. The molecular formula is C14H16F8. The molecule has 0 heterocycles. The largest absolute Gasteiger partial charge is 0.377 e. The predicted octanol–water partition coefficient (Wildman–Crippen LogP) is 5.09. The van der Waals surface area contributed by atoms with Gasteiger partial charge in [-0.25, -0.2) is 8.78 Å².